The van der Waals surface area contributed by atoms with Crippen LogP contribution in [-0.2, 0) is 17.6 Å². The van der Waals surface area contributed by atoms with E-state index in [2.05, 4.69) is 20.4 Å². The van der Waals surface area contributed by atoms with Crippen LogP contribution in [0.4, 0.5) is 5.13 Å². The highest BCUT2D eigenvalue weighted by Crippen LogP contribution is 2.30. The Morgan fingerprint density at radius 3 is 2.81 bits per heavy atom. The number of fused-ring (bicyclic) bond motifs is 1. The second-order valence-corrected chi connectivity index (χ2v) is 8.52. The molecule has 0 atom stereocenters. The van der Waals surface area contributed by atoms with Crippen LogP contribution in [0.1, 0.15) is 44.2 Å². The van der Waals surface area contributed by atoms with Crippen LogP contribution in [0.3, 0.4) is 0 Å². The zero-order valence-corrected chi connectivity index (χ0v) is 18.5. The topological polar surface area (TPSA) is 102 Å². The van der Waals surface area contributed by atoms with Gasteiger partial charge in [0.25, 0.3) is 5.91 Å². The molecule has 0 fully saturated rings. The Bertz CT molecular complexity index is 1320. The van der Waals surface area contributed by atoms with Gasteiger partial charge in [0, 0.05) is 28.4 Å². The van der Waals surface area contributed by atoms with Crippen molar-refractivity contribution in [3.63, 3.8) is 0 Å². The number of carbonyl (C=O) groups excluding carboxylic acids is 2. The summed E-state index contributed by atoms with van der Waals surface area (Å²) in [6, 6.07) is 9.80. The fraction of sp³-hybridized carbons (Fsp3) is 0.217. The Morgan fingerprint density at radius 1 is 1.22 bits per heavy atom. The number of carbonyl (C=O) groups is 2. The number of benzene rings is 1. The number of aromatic amines is 1. The standard InChI is InChI=1S/C23H21N5O3S/c1-13-6-8-15(9-7-13)28-19-5-3-4-16(19)20(27-28)21(29)26-23-25-18(12-32-23)14-10-17(24-11-14)22(30)31-2/h6-12,24H,3-5H2,1-2H3,(H,25,26,29). The number of nitrogens with zero attached hydrogens (tertiary/aromatic N) is 3. The average Bonchev–Trinajstić information content (AvgIpc) is 3.57. The molecule has 5 rings (SSSR count). The Morgan fingerprint density at radius 2 is 2.03 bits per heavy atom. The molecule has 1 amide bonds. The Hall–Kier alpha value is -3.72. The molecule has 0 spiro atoms. The fourth-order valence-electron chi connectivity index (χ4n) is 3.91. The van der Waals surface area contributed by atoms with Crippen LogP contribution in [-0.4, -0.2) is 38.7 Å². The average molecular weight is 448 g/mol. The van der Waals surface area contributed by atoms with Crippen molar-refractivity contribution in [2.45, 2.75) is 26.2 Å². The van der Waals surface area contributed by atoms with Gasteiger partial charge in [0.1, 0.15) is 5.69 Å². The van der Waals surface area contributed by atoms with Crippen molar-refractivity contribution < 1.29 is 14.3 Å². The number of H-pyrrole nitrogens is 1. The van der Waals surface area contributed by atoms with Gasteiger partial charge in [-0.2, -0.15) is 5.10 Å². The van der Waals surface area contributed by atoms with E-state index >= 15 is 0 Å². The smallest absolute Gasteiger partial charge is 0.354 e. The zero-order chi connectivity index (χ0) is 22.2. The number of esters is 1. The third-order valence-corrected chi connectivity index (χ3v) is 6.29. The van der Waals surface area contributed by atoms with Crippen molar-refractivity contribution >= 4 is 28.3 Å². The first kappa shape index (κ1) is 20.2. The van der Waals surface area contributed by atoms with E-state index in [4.69, 9.17) is 4.74 Å². The first-order valence-electron chi connectivity index (χ1n) is 10.3. The van der Waals surface area contributed by atoms with E-state index in [1.807, 2.05) is 41.3 Å². The van der Waals surface area contributed by atoms with E-state index in [1.54, 1.807) is 12.3 Å². The molecule has 32 heavy (non-hydrogen) atoms. The minimum Gasteiger partial charge on any atom is -0.464 e. The predicted octanol–water partition coefficient (Wildman–Crippen LogP) is 4.16. The van der Waals surface area contributed by atoms with Gasteiger partial charge in [-0.25, -0.2) is 14.5 Å². The second-order valence-electron chi connectivity index (χ2n) is 7.66. The van der Waals surface area contributed by atoms with Gasteiger partial charge in [0.15, 0.2) is 10.8 Å². The molecule has 0 saturated carbocycles. The highest BCUT2D eigenvalue weighted by atomic mass is 32.1. The van der Waals surface area contributed by atoms with Gasteiger partial charge in [-0.1, -0.05) is 17.7 Å². The molecule has 3 heterocycles. The van der Waals surface area contributed by atoms with Crippen molar-refractivity contribution in [3.8, 4) is 16.9 Å². The highest BCUT2D eigenvalue weighted by Gasteiger charge is 2.27. The molecule has 2 N–H and O–H groups in total. The fourth-order valence-corrected chi connectivity index (χ4v) is 4.62. The van der Waals surface area contributed by atoms with E-state index < -0.39 is 5.97 Å². The number of thiazole rings is 1. The number of amides is 1. The molecule has 162 valence electrons. The number of aromatic nitrogens is 4. The first-order chi connectivity index (χ1) is 15.5. The molecule has 0 bridgehead atoms. The van der Waals surface area contributed by atoms with Crippen LogP contribution in [0.15, 0.2) is 41.9 Å². The number of aryl methyl sites for hydroxylation is 1. The van der Waals surface area contributed by atoms with E-state index in [0.29, 0.717) is 22.2 Å². The van der Waals surface area contributed by atoms with Crippen LogP contribution in [0.25, 0.3) is 16.9 Å². The number of ether oxygens (including phenoxy) is 1. The molecule has 1 aromatic carbocycles. The molecule has 0 aliphatic heterocycles. The van der Waals surface area contributed by atoms with E-state index in [9.17, 15) is 9.59 Å². The molecule has 8 nitrogen and oxygen atoms in total. The lowest BCUT2D eigenvalue weighted by Gasteiger charge is -2.05. The van der Waals surface area contributed by atoms with Crippen LogP contribution in [0, 0.1) is 6.92 Å². The van der Waals surface area contributed by atoms with Crippen molar-refractivity contribution in [2.24, 2.45) is 0 Å². The lowest BCUT2D eigenvalue weighted by molar-refractivity contribution is 0.0594. The summed E-state index contributed by atoms with van der Waals surface area (Å²) < 4.78 is 6.60. The summed E-state index contributed by atoms with van der Waals surface area (Å²) in [4.78, 5) is 32.1. The van der Waals surface area contributed by atoms with Gasteiger partial charge in [0.2, 0.25) is 0 Å². The minimum absolute atomic E-state index is 0.265. The van der Waals surface area contributed by atoms with Crippen LogP contribution in [0.5, 0.6) is 0 Å². The maximum Gasteiger partial charge on any atom is 0.354 e. The monoisotopic (exact) mass is 447 g/mol. The van der Waals surface area contributed by atoms with Crippen molar-refractivity contribution in [1.29, 1.82) is 0 Å². The predicted molar refractivity (Wildman–Crippen MR) is 122 cm³/mol. The largest absolute Gasteiger partial charge is 0.464 e. The van der Waals surface area contributed by atoms with Crippen molar-refractivity contribution in [1.82, 2.24) is 19.7 Å². The summed E-state index contributed by atoms with van der Waals surface area (Å²) in [5.74, 6) is -0.711. The molecule has 0 saturated heterocycles. The van der Waals surface area contributed by atoms with Gasteiger partial charge in [0.05, 0.1) is 18.5 Å². The number of rotatable bonds is 5. The Kier molecular flexibility index (Phi) is 5.10. The quantitative estimate of drug-likeness (QED) is 0.447. The number of nitrogens with one attached hydrogen (secondary N) is 2. The molecule has 4 aromatic rings. The van der Waals surface area contributed by atoms with Gasteiger partial charge in [-0.05, 0) is 44.4 Å². The molecule has 3 aromatic heterocycles. The summed E-state index contributed by atoms with van der Waals surface area (Å²) >= 11 is 1.32. The SMILES string of the molecule is COC(=O)c1cc(-c2csc(NC(=O)c3nn(-c4ccc(C)cc4)c4c3CCC4)n2)c[nH]1. The number of hydrogen-bond acceptors (Lipinski definition) is 6. The molecule has 1 aliphatic rings. The van der Waals surface area contributed by atoms with Gasteiger partial charge in [-0.15, -0.1) is 11.3 Å². The van der Waals surface area contributed by atoms with Gasteiger partial charge < -0.3 is 9.72 Å². The van der Waals surface area contributed by atoms with Crippen molar-refractivity contribution in [2.75, 3.05) is 12.4 Å². The molecule has 0 unspecified atom stereocenters. The normalized spacial score (nSPS) is 12.6. The Labute approximate surface area is 188 Å². The summed E-state index contributed by atoms with van der Waals surface area (Å²) in [6.45, 7) is 2.04. The third kappa shape index (κ3) is 3.60. The van der Waals surface area contributed by atoms with Crippen LogP contribution in [0.2, 0.25) is 0 Å². The summed E-state index contributed by atoms with van der Waals surface area (Å²) in [5.41, 5.74) is 6.44. The molecule has 1 aliphatic carbocycles. The van der Waals surface area contributed by atoms with E-state index in [-0.39, 0.29) is 5.91 Å². The lowest BCUT2D eigenvalue weighted by Crippen LogP contribution is -2.14. The maximum absolute atomic E-state index is 13.1. The molecule has 0 radical (unpaired) electrons. The van der Waals surface area contributed by atoms with Gasteiger partial charge in [-0.3, -0.25) is 10.1 Å². The van der Waals surface area contributed by atoms with E-state index in [1.165, 1.54) is 24.0 Å². The molecule has 9 heteroatoms. The van der Waals surface area contributed by atoms with Crippen LogP contribution >= 0.6 is 11.3 Å². The molecular formula is C23H21N5O3S. The summed E-state index contributed by atoms with van der Waals surface area (Å²) in [6.07, 6.45) is 4.44. The summed E-state index contributed by atoms with van der Waals surface area (Å²) in [7, 11) is 1.33. The van der Waals surface area contributed by atoms with Crippen molar-refractivity contribution in [3.05, 3.63) is 70.1 Å². The number of hydrogen-bond donors (Lipinski definition) is 2. The maximum atomic E-state index is 13.1. The number of methoxy groups -OCH3 is 1. The van der Waals surface area contributed by atoms with Gasteiger partial charge >= 0.3 is 5.97 Å². The van der Waals surface area contributed by atoms with Crippen LogP contribution < -0.4 is 5.32 Å². The highest BCUT2D eigenvalue weighted by molar-refractivity contribution is 7.14. The van der Waals surface area contributed by atoms with E-state index in [0.717, 1.165) is 41.8 Å². The lowest BCUT2D eigenvalue weighted by atomic mass is 10.2. The zero-order valence-electron chi connectivity index (χ0n) is 17.6. The minimum atomic E-state index is -0.446. The number of anilines is 1. The Balaban J connectivity index is 1.38. The first-order valence-corrected chi connectivity index (χ1v) is 11.1. The summed E-state index contributed by atoms with van der Waals surface area (Å²) in [5, 5.41) is 9.84. The third-order valence-electron chi connectivity index (χ3n) is 5.53. The molecular weight excluding hydrogens is 426 g/mol. The second kappa shape index (κ2) is 8.08.